The molecule has 3 rings (SSSR count). The van der Waals surface area contributed by atoms with Crippen molar-refractivity contribution in [1.29, 1.82) is 0 Å². The molecule has 1 N–H and O–H groups in total. The molecule has 1 aliphatic rings. The van der Waals surface area contributed by atoms with E-state index >= 15 is 0 Å². The second kappa shape index (κ2) is 6.97. The van der Waals surface area contributed by atoms with Gasteiger partial charge in [0.15, 0.2) is 0 Å². The van der Waals surface area contributed by atoms with Gasteiger partial charge in [0.25, 0.3) is 10.0 Å². The minimum Gasteiger partial charge on any atom is -0.470 e. The molecule has 0 radical (unpaired) electrons. The Hall–Kier alpha value is -2.19. The van der Waals surface area contributed by atoms with E-state index in [0.29, 0.717) is 13.0 Å². The van der Waals surface area contributed by atoms with Gasteiger partial charge in [-0.2, -0.15) is 0 Å². The first-order valence-corrected chi connectivity index (χ1v) is 9.35. The summed E-state index contributed by atoms with van der Waals surface area (Å²) in [6.45, 7) is 0.602. The molecule has 5 nitrogen and oxygen atoms in total. The molecular weight excluding hydrogens is 350 g/mol. The molecule has 0 saturated carbocycles. The van der Waals surface area contributed by atoms with Crippen molar-refractivity contribution < 1.29 is 21.9 Å². The highest BCUT2D eigenvalue weighted by Gasteiger charge is 2.41. The summed E-state index contributed by atoms with van der Waals surface area (Å²) in [5.41, 5.74) is -1.23. The van der Waals surface area contributed by atoms with Crippen LogP contribution in [0, 0.1) is 11.6 Å². The van der Waals surface area contributed by atoms with Gasteiger partial charge in [-0.1, -0.05) is 12.1 Å². The second-order valence-electron chi connectivity index (χ2n) is 5.67. The molecule has 0 spiro atoms. The molecule has 0 aromatic heterocycles. The monoisotopic (exact) mass is 368 g/mol. The number of hydrogen-bond donors (Lipinski definition) is 1. The van der Waals surface area contributed by atoms with Crippen LogP contribution in [0.2, 0.25) is 0 Å². The standard InChI is InChI=1S/C17H18F2N2O3S/c1-20-10-4-7-17-24-16-11-12(18)8-9-15(16)21(25(17,22)23)14-6-3-2-5-13(14)19/h2-3,5-6,8-9,11,17,20H,4,7,10H2,1H3/t17-/m0/s1. The van der Waals surface area contributed by atoms with Crippen molar-refractivity contribution >= 4 is 21.4 Å². The molecule has 1 atom stereocenters. The van der Waals surface area contributed by atoms with Crippen LogP contribution in [0.5, 0.6) is 5.75 Å². The predicted molar refractivity (Wildman–Crippen MR) is 91.4 cm³/mol. The number of rotatable bonds is 5. The molecule has 25 heavy (non-hydrogen) atoms. The third-order valence-electron chi connectivity index (χ3n) is 3.92. The van der Waals surface area contributed by atoms with Crippen LogP contribution in [0.25, 0.3) is 0 Å². The van der Waals surface area contributed by atoms with Crippen molar-refractivity contribution in [3.63, 3.8) is 0 Å². The SMILES string of the molecule is CNCCC[C@H]1Oc2cc(F)ccc2N(c2ccccc2F)S1(=O)=O. The van der Waals surface area contributed by atoms with Crippen LogP contribution >= 0.6 is 0 Å². The van der Waals surface area contributed by atoms with E-state index in [0.717, 1.165) is 16.4 Å². The number of ether oxygens (including phenoxy) is 1. The van der Waals surface area contributed by atoms with Gasteiger partial charge in [-0.3, -0.25) is 0 Å². The maximum absolute atomic E-state index is 14.3. The zero-order valence-electron chi connectivity index (χ0n) is 13.6. The number of nitrogens with zero attached hydrogens (tertiary/aromatic N) is 1. The van der Waals surface area contributed by atoms with Crippen LogP contribution in [0.4, 0.5) is 20.2 Å². The van der Waals surface area contributed by atoms with E-state index in [1.54, 1.807) is 13.1 Å². The van der Waals surface area contributed by atoms with Gasteiger partial charge in [-0.25, -0.2) is 21.5 Å². The molecule has 2 aromatic rings. The number of anilines is 2. The highest BCUT2D eigenvalue weighted by atomic mass is 32.2. The predicted octanol–water partition coefficient (Wildman–Crippen LogP) is 3.15. The summed E-state index contributed by atoms with van der Waals surface area (Å²) in [5.74, 6) is -1.16. The minimum absolute atomic E-state index is 0.0764. The average molecular weight is 368 g/mol. The van der Waals surface area contributed by atoms with Gasteiger partial charge in [0, 0.05) is 12.5 Å². The number of fused-ring (bicyclic) bond motifs is 1. The second-order valence-corrected chi connectivity index (χ2v) is 7.59. The van der Waals surface area contributed by atoms with E-state index in [2.05, 4.69) is 5.32 Å². The summed E-state index contributed by atoms with van der Waals surface area (Å²) < 4.78 is 60.4. The molecule has 2 aromatic carbocycles. The minimum atomic E-state index is -4.03. The van der Waals surface area contributed by atoms with E-state index in [-0.39, 0.29) is 23.5 Å². The van der Waals surface area contributed by atoms with Gasteiger partial charge < -0.3 is 10.1 Å². The lowest BCUT2D eigenvalue weighted by Gasteiger charge is -2.35. The van der Waals surface area contributed by atoms with Gasteiger partial charge in [0.05, 0.1) is 11.4 Å². The molecule has 1 heterocycles. The number of nitrogens with one attached hydrogen (secondary N) is 1. The molecule has 0 unspecified atom stereocenters. The Morgan fingerprint density at radius 3 is 2.64 bits per heavy atom. The Morgan fingerprint density at radius 2 is 1.92 bits per heavy atom. The smallest absolute Gasteiger partial charge is 0.278 e. The Morgan fingerprint density at radius 1 is 1.16 bits per heavy atom. The summed E-state index contributed by atoms with van der Waals surface area (Å²) >= 11 is 0. The zero-order chi connectivity index (χ0) is 18.0. The van der Waals surface area contributed by atoms with Gasteiger partial charge >= 0.3 is 0 Å². The van der Waals surface area contributed by atoms with Crippen molar-refractivity contribution in [3.8, 4) is 5.75 Å². The quantitative estimate of drug-likeness (QED) is 0.824. The number of para-hydroxylation sites is 1. The van der Waals surface area contributed by atoms with Gasteiger partial charge in [0.2, 0.25) is 5.44 Å². The lowest BCUT2D eigenvalue weighted by atomic mass is 10.2. The topological polar surface area (TPSA) is 58.6 Å². The highest BCUT2D eigenvalue weighted by molar-refractivity contribution is 7.93. The fourth-order valence-corrected chi connectivity index (χ4v) is 4.52. The van der Waals surface area contributed by atoms with Crippen molar-refractivity contribution in [2.75, 3.05) is 17.9 Å². The number of halogens is 2. The normalized spacial score (nSPS) is 18.5. The average Bonchev–Trinajstić information content (AvgIpc) is 2.57. The maximum atomic E-state index is 14.3. The van der Waals surface area contributed by atoms with Crippen molar-refractivity contribution in [3.05, 3.63) is 54.1 Å². The van der Waals surface area contributed by atoms with Crippen LogP contribution in [0.1, 0.15) is 12.8 Å². The summed E-state index contributed by atoms with van der Waals surface area (Å²) in [4.78, 5) is 0. The van der Waals surface area contributed by atoms with Crippen LogP contribution in [-0.4, -0.2) is 27.4 Å². The van der Waals surface area contributed by atoms with E-state index in [1.165, 1.54) is 24.3 Å². The van der Waals surface area contributed by atoms with E-state index in [4.69, 9.17) is 4.74 Å². The van der Waals surface area contributed by atoms with Crippen LogP contribution < -0.4 is 14.4 Å². The first-order valence-electron chi connectivity index (χ1n) is 7.84. The van der Waals surface area contributed by atoms with Crippen molar-refractivity contribution in [2.45, 2.75) is 18.3 Å². The molecule has 0 bridgehead atoms. The number of benzene rings is 2. The highest BCUT2D eigenvalue weighted by Crippen LogP contribution is 2.44. The zero-order valence-corrected chi connectivity index (χ0v) is 14.4. The van der Waals surface area contributed by atoms with E-state index < -0.39 is 27.1 Å². The summed E-state index contributed by atoms with van der Waals surface area (Å²) in [5, 5.41) is 2.93. The van der Waals surface area contributed by atoms with Crippen LogP contribution in [-0.2, 0) is 10.0 Å². The number of sulfonamides is 1. The van der Waals surface area contributed by atoms with Gasteiger partial charge in [-0.05, 0) is 44.3 Å². The molecular formula is C17H18F2N2O3S. The Kier molecular flexibility index (Phi) is 4.91. The molecule has 0 saturated heterocycles. The molecule has 0 amide bonds. The number of hydrogen-bond acceptors (Lipinski definition) is 4. The molecule has 0 aliphatic carbocycles. The maximum Gasteiger partial charge on any atom is 0.278 e. The third-order valence-corrected chi connectivity index (χ3v) is 5.82. The molecule has 0 fully saturated rings. The summed E-state index contributed by atoms with van der Waals surface area (Å²) in [6.07, 6.45) is 0.736. The van der Waals surface area contributed by atoms with Gasteiger partial charge in [-0.15, -0.1) is 0 Å². The molecule has 1 aliphatic heterocycles. The summed E-state index contributed by atoms with van der Waals surface area (Å²) in [7, 11) is -2.27. The largest absolute Gasteiger partial charge is 0.470 e. The van der Waals surface area contributed by atoms with Crippen LogP contribution in [0.3, 0.4) is 0 Å². The molecule has 8 heteroatoms. The van der Waals surface area contributed by atoms with Gasteiger partial charge in [0.1, 0.15) is 17.4 Å². The Bertz CT molecular complexity index is 874. The van der Waals surface area contributed by atoms with Crippen molar-refractivity contribution in [2.24, 2.45) is 0 Å². The van der Waals surface area contributed by atoms with Crippen molar-refractivity contribution in [1.82, 2.24) is 5.32 Å². The molecule has 134 valence electrons. The first kappa shape index (κ1) is 17.6. The fourth-order valence-electron chi connectivity index (χ4n) is 2.74. The Labute approximate surface area is 145 Å². The van der Waals surface area contributed by atoms with E-state index in [9.17, 15) is 17.2 Å². The van der Waals surface area contributed by atoms with Crippen LogP contribution in [0.15, 0.2) is 42.5 Å². The fraction of sp³-hybridized carbons (Fsp3) is 0.294. The third kappa shape index (κ3) is 3.32. The summed E-state index contributed by atoms with van der Waals surface area (Å²) in [6, 6.07) is 9.08. The lowest BCUT2D eigenvalue weighted by Crippen LogP contribution is -2.43. The Balaban J connectivity index is 2.12. The lowest BCUT2D eigenvalue weighted by molar-refractivity contribution is 0.253. The first-order chi connectivity index (χ1) is 11.9. The van der Waals surface area contributed by atoms with E-state index in [1.807, 2.05) is 0 Å².